The van der Waals surface area contributed by atoms with E-state index in [-0.39, 0.29) is 56.1 Å². The number of aromatic nitrogens is 4. The molecule has 0 aliphatic carbocycles. The lowest BCUT2D eigenvalue weighted by molar-refractivity contribution is -0.115. The van der Waals surface area contributed by atoms with Crippen molar-refractivity contribution in [2.45, 2.75) is 71.6 Å². The van der Waals surface area contributed by atoms with Crippen molar-refractivity contribution in [3.05, 3.63) is 167 Å². The first kappa shape index (κ1) is 56.9. The second-order valence-corrected chi connectivity index (χ2v) is 18.8. The Balaban J connectivity index is 0.000000200. The van der Waals surface area contributed by atoms with Crippen molar-refractivity contribution in [2.24, 2.45) is 0 Å². The number of carbonyl (C=O) groups excluding carboxylic acids is 3. The van der Waals surface area contributed by atoms with Gasteiger partial charge < -0.3 is 35.6 Å². The number of aromatic carboxylic acids is 1. The van der Waals surface area contributed by atoms with Gasteiger partial charge in [0.15, 0.2) is 11.6 Å². The number of ketones is 2. The number of nitrogen functional groups attached to an aromatic ring is 2. The Morgan fingerprint density at radius 1 is 0.654 bits per heavy atom. The molecule has 8 heterocycles. The van der Waals surface area contributed by atoms with Gasteiger partial charge in [-0.3, -0.25) is 24.4 Å². The Morgan fingerprint density at radius 3 is 1.53 bits per heavy atom. The molecule has 2 aliphatic rings. The maximum atomic E-state index is 13.5. The average molecular weight is 1070 g/mol. The van der Waals surface area contributed by atoms with E-state index in [2.05, 4.69) is 25.3 Å². The van der Waals surface area contributed by atoms with E-state index in [1.54, 1.807) is 67.0 Å². The summed E-state index contributed by atoms with van der Waals surface area (Å²) < 4.78 is 62.7. The van der Waals surface area contributed by atoms with Crippen LogP contribution in [0, 0.1) is 13.8 Å². The number of halogens is 4. The summed E-state index contributed by atoms with van der Waals surface area (Å²) in [5.74, 6) is -4.46. The molecule has 2 fully saturated rings. The molecular weight excluding hydrogens is 1010 g/mol. The first-order chi connectivity index (χ1) is 36.8. The minimum Gasteiger partial charge on any atom is -0.478 e. The lowest BCUT2D eigenvalue weighted by atomic mass is 10.0. The molecule has 10 rings (SSSR count). The molecule has 8 aromatic rings. The fourth-order valence-electron chi connectivity index (χ4n) is 8.48. The van der Waals surface area contributed by atoms with E-state index in [0.29, 0.717) is 61.0 Å². The molecule has 19 heteroatoms. The molecule has 2 aromatic carbocycles. The number of anilines is 2. The predicted octanol–water partition coefficient (Wildman–Crippen LogP) is 11.4. The summed E-state index contributed by atoms with van der Waals surface area (Å²) in [6.07, 6.45) is 13.7. The number of benzene rings is 2. The van der Waals surface area contributed by atoms with Gasteiger partial charge >= 0.3 is 5.97 Å². The number of hydrogen-bond donors (Lipinski definition) is 4. The van der Waals surface area contributed by atoms with Gasteiger partial charge in [0.25, 0.3) is 17.8 Å². The Morgan fingerprint density at radius 2 is 1.15 bits per heavy atom. The van der Waals surface area contributed by atoms with Crippen LogP contribution < -0.4 is 16.8 Å². The van der Waals surface area contributed by atoms with Crippen LogP contribution in [0.25, 0.3) is 56.6 Å². The van der Waals surface area contributed by atoms with Gasteiger partial charge in [-0.2, -0.15) is 0 Å². The zero-order chi connectivity index (χ0) is 54.9. The molecule has 0 radical (unpaired) electrons. The average Bonchev–Trinajstić information content (AvgIpc) is 4.25. The molecule has 404 valence electrons. The van der Waals surface area contributed by atoms with E-state index in [9.17, 15) is 36.7 Å². The highest BCUT2D eigenvalue weighted by atomic mass is 19.3. The summed E-state index contributed by atoms with van der Waals surface area (Å²) in [6, 6.07) is 25.1. The Bertz CT molecular complexity index is 3480. The molecule has 2 aliphatic heterocycles. The molecule has 1 amide bonds. The normalized spacial score (nSPS) is 14.5. The highest BCUT2D eigenvalue weighted by Gasteiger charge is 2.40. The summed E-state index contributed by atoms with van der Waals surface area (Å²) in [5, 5.41) is 13.4. The van der Waals surface area contributed by atoms with Crippen LogP contribution in [0.5, 0.6) is 0 Å². The number of nitrogens with two attached hydrogens (primary N) is 2. The SMILES string of the molecule is C.Cc1cc(-c2ccc(C(=O)N3CCC(F)(F)C3)cn2)cc2cc(CCC(=O)/C=C/c3ccc(N)nc3)oc12.Cc1cc(-c2ccc(C(=O)O)cn2)cc2cc(CCC(=O)/C=C/c3ccc(N)nc3)oc12.FC1(F)CCNC1. The van der Waals surface area contributed by atoms with E-state index in [4.69, 9.17) is 25.4 Å². The van der Waals surface area contributed by atoms with Crippen LogP contribution in [0.15, 0.2) is 131 Å². The van der Waals surface area contributed by atoms with E-state index in [1.165, 1.54) is 30.6 Å². The summed E-state index contributed by atoms with van der Waals surface area (Å²) in [5.41, 5.74) is 19.6. The number of hydrogen-bond acceptors (Lipinski definition) is 13. The maximum absolute atomic E-state index is 13.5. The largest absolute Gasteiger partial charge is 0.478 e. The van der Waals surface area contributed by atoms with Gasteiger partial charge in [0, 0.05) is 98.3 Å². The molecule has 78 heavy (non-hydrogen) atoms. The lowest BCUT2D eigenvalue weighted by Gasteiger charge is -2.16. The van der Waals surface area contributed by atoms with Crippen molar-refractivity contribution < 1.29 is 50.7 Å². The van der Waals surface area contributed by atoms with Crippen LogP contribution in [0.4, 0.5) is 29.2 Å². The zero-order valence-corrected chi connectivity index (χ0v) is 42.1. The van der Waals surface area contributed by atoms with Crippen LogP contribution in [0.1, 0.15) is 87.6 Å². The van der Waals surface area contributed by atoms with Crippen molar-refractivity contribution >= 4 is 69.2 Å². The smallest absolute Gasteiger partial charge is 0.337 e. The van der Waals surface area contributed by atoms with Gasteiger partial charge in [0.1, 0.15) is 34.3 Å². The molecule has 6 aromatic heterocycles. The molecule has 0 atom stereocenters. The number of fused-ring (bicyclic) bond motifs is 2. The van der Waals surface area contributed by atoms with E-state index in [0.717, 1.165) is 66.0 Å². The number of nitrogens with zero attached hydrogens (tertiary/aromatic N) is 5. The zero-order valence-electron chi connectivity index (χ0n) is 42.1. The minimum atomic E-state index is -2.83. The summed E-state index contributed by atoms with van der Waals surface area (Å²) in [6.45, 7) is 3.68. The van der Waals surface area contributed by atoms with Gasteiger partial charge in [0.2, 0.25) is 0 Å². The molecule has 2 saturated heterocycles. The minimum absolute atomic E-state index is 0. The van der Waals surface area contributed by atoms with Gasteiger partial charge in [-0.05, 0) is 145 Å². The Hall–Kier alpha value is -8.84. The third kappa shape index (κ3) is 15.2. The lowest BCUT2D eigenvalue weighted by Crippen LogP contribution is -2.31. The maximum Gasteiger partial charge on any atom is 0.337 e. The van der Waals surface area contributed by atoms with Crippen LogP contribution in [0.3, 0.4) is 0 Å². The summed E-state index contributed by atoms with van der Waals surface area (Å²) >= 11 is 0. The van der Waals surface area contributed by atoms with Crippen LogP contribution >= 0.6 is 0 Å². The quantitative estimate of drug-likeness (QED) is 0.0586. The Labute approximate surface area is 447 Å². The Kier molecular flexibility index (Phi) is 18.1. The number of carbonyl (C=O) groups is 4. The molecule has 6 N–H and O–H groups in total. The summed E-state index contributed by atoms with van der Waals surface area (Å²) in [4.78, 5) is 66.0. The topological polar surface area (TPSA) is 234 Å². The first-order valence-corrected chi connectivity index (χ1v) is 24.6. The molecule has 0 spiro atoms. The van der Waals surface area contributed by atoms with E-state index in [1.807, 2.05) is 50.2 Å². The molecule has 0 bridgehead atoms. The number of pyridine rings is 4. The number of furan rings is 2. The monoisotopic (exact) mass is 1070 g/mol. The number of nitrogens with one attached hydrogen (secondary N) is 1. The molecule has 0 saturated carbocycles. The summed E-state index contributed by atoms with van der Waals surface area (Å²) in [7, 11) is 0. The number of carboxylic acids is 1. The number of likely N-dealkylation sites (tertiary alicyclic amines) is 1. The molecular formula is C59H58F4N8O7. The van der Waals surface area contributed by atoms with Crippen molar-refractivity contribution in [1.82, 2.24) is 30.2 Å². The van der Waals surface area contributed by atoms with Crippen molar-refractivity contribution in [2.75, 3.05) is 37.6 Å². The first-order valence-electron chi connectivity index (χ1n) is 24.6. The third-order valence-corrected chi connectivity index (χ3v) is 12.6. The molecule has 0 unspecified atom stereocenters. The van der Waals surface area contributed by atoms with E-state index >= 15 is 0 Å². The number of aryl methyl sites for hydroxylation is 4. The van der Waals surface area contributed by atoms with Crippen molar-refractivity contribution in [3.8, 4) is 22.5 Å². The van der Waals surface area contributed by atoms with Crippen LogP contribution in [-0.2, 0) is 22.4 Å². The second kappa shape index (κ2) is 24.9. The van der Waals surface area contributed by atoms with Gasteiger partial charge in [-0.15, -0.1) is 0 Å². The number of alkyl halides is 4. The number of allylic oxidation sites excluding steroid dienone is 2. The van der Waals surface area contributed by atoms with Gasteiger partial charge in [0.05, 0.1) is 35.6 Å². The fourth-order valence-corrected chi connectivity index (χ4v) is 8.48. The van der Waals surface area contributed by atoms with Crippen LogP contribution in [0.2, 0.25) is 0 Å². The highest BCUT2D eigenvalue weighted by Crippen LogP contribution is 2.33. The number of amides is 1. The van der Waals surface area contributed by atoms with E-state index < -0.39 is 30.3 Å². The number of carboxylic acid groups (broad SMARTS) is 1. The third-order valence-electron chi connectivity index (χ3n) is 12.6. The van der Waals surface area contributed by atoms with Gasteiger partial charge in [-0.25, -0.2) is 32.3 Å². The molecule has 15 nitrogen and oxygen atoms in total. The van der Waals surface area contributed by atoms with Crippen LogP contribution in [-0.4, -0.2) is 91.4 Å². The van der Waals surface area contributed by atoms with Gasteiger partial charge in [-0.1, -0.05) is 7.43 Å². The highest BCUT2D eigenvalue weighted by molar-refractivity contribution is 5.96. The predicted molar refractivity (Wildman–Crippen MR) is 292 cm³/mol. The fraction of sp³-hybridized carbons (Fsp3) is 0.254. The second-order valence-electron chi connectivity index (χ2n) is 18.8. The number of rotatable bonds is 14. The van der Waals surface area contributed by atoms with Crippen molar-refractivity contribution in [3.63, 3.8) is 0 Å². The van der Waals surface area contributed by atoms with Crippen molar-refractivity contribution in [1.29, 1.82) is 0 Å². The standard InChI is InChI=1S/C29H26F2N4O3.C25H21N3O4.C4H7F2N.CH4/c1-18-12-21(25-8-4-20(16-33-25)28(37)35-11-10-29(30,31)17-35)13-22-14-24(38-27(18)22)7-6-23(36)5-2-19-3-9-26(32)34-15-19;1-15-10-18(22-8-4-17(14-27-22)25(30)31)11-19-12-21(32-24(15)19)7-6-20(29)5-2-16-3-9-23(26)28-13-16;5-4(6)1-2-7-3-4;/h2-5,8-9,12-16H,6-7,10-11,17H2,1H3,(H2,32,34);2-5,8-14H,6-7H2,1H3,(H2,26,28)(H,30,31);7H,1-3H2;1H4/b2*5-2+;;.